The number of aliphatic hydroxyl groups excluding tert-OH is 1. The molecule has 2 atom stereocenters. The highest BCUT2D eigenvalue weighted by Crippen LogP contribution is 2.34. The van der Waals surface area contributed by atoms with Crippen molar-refractivity contribution >= 4 is 16.5 Å². The number of nitrogen functional groups attached to an aromatic ring is 1. The summed E-state index contributed by atoms with van der Waals surface area (Å²) in [4.78, 5) is 0. The molecule has 1 saturated carbocycles. The quantitative estimate of drug-likeness (QED) is 0.726. The Labute approximate surface area is 112 Å². The molecule has 4 nitrogen and oxygen atoms in total. The minimum atomic E-state index is -0.254. The van der Waals surface area contributed by atoms with Gasteiger partial charge in [0.25, 0.3) is 0 Å². The third-order valence-corrected chi connectivity index (χ3v) is 4.22. The van der Waals surface area contributed by atoms with Crippen molar-refractivity contribution < 1.29 is 10.2 Å². The number of aromatic nitrogens is 1. The van der Waals surface area contributed by atoms with Gasteiger partial charge in [0.2, 0.25) is 5.88 Å². The van der Waals surface area contributed by atoms with Crippen molar-refractivity contribution in [3.8, 4) is 5.88 Å². The highest BCUT2D eigenvalue weighted by atomic mass is 16.3. The summed E-state index contributed by atoms with van der Waals surface area (Å²) in [5.41, 5.74) is 6.50. The molecule has 0 aliphatic heterocycles. The molecule has 0 spiro atoms. The summed E-state index contributed by atoms with van der Waals surface area (Å²) in [5.74, 6) is 0.438. The number of fused-ring (bicyclic) bond motifs is 1. The molecule has 0 saturated heterocycles. The Morgan fingerprint density at radius 3 is 2.79 bits per heavy atom. The van der Waals surface area contributed by atoms with E-state index < -0.39 is 0 Å². The third-order valence-electron chi connectivity index (χ3n) is 4.22. The van der Waals surface area contributed by atoms with Crippen LogP contribution in [0.2, 0.25) is 0 Å². The summed E-state index contributed by atoms with van der Waals surface area (Å²) >= 11 is 0. The van der Waals surface area contributed by atoms with Gasteiger partial charge in [-0.2, -0.15) is 0 Å². The number of aromatic hydroxyl groups is 1. The van der Waals surface area contributed by atoms with Crippen LogP contribution in [0.25, 0.3) is 10.8 Å². The number of rotatable bonds is 2. The Morgan fingerprint density at radius 2 is 2.05 bits per heavy atom. The van der Waals surface area contributed by atoms with E-state index in [4.69, 9.17) is 5.73 Å². The predicted octanol–water partition coefficient (Wildman–Crippen LogP) is 2.48. The van der Waals surface area contributed by atoms with Crippen LogP contribution in [0.15, 0.2) is 24.4 Å². The highest BCUT2D eigenvalue weighted by Gasteiger charge is 2.24. The largest absolute Gasteiger partial charge is 0.494 e. The van der Waals surface area contributed by atoms with Gasteiger partial charge in [-0.15, -0.1) is 0 Å². The van der Waals surface area contributed by atoms with Crippen LogP contribution in [0.4, 0.5) is 5.69 Å². The van der Waals surface area contributed by atoms with Gasteiger partial charge in [-0.1, -0.05) is 25.0 Å². The van der Waals surface area contributed by atoms with E-state index in [9.17, 15) is 10.2 Å². The summed E-state index contributed by atoms with van der Waals surface area (Å²) in [6.07, 6.45) is 5.81. The average Bonchev–Trinajstić information content (AvgIpc) is 2.71. The van der Waals surface area contributed by atoms with Gasteiger partial charge in [-0.3, -0.25) is 0 Å². The number of aliphatic hydroxyl groups is 1. The maximum Gasteiger partial charge on any atom is 0.201 e. The lowest BCUT2D eigenvalue weighted by molar-refractivity contribution is 0.0597. The molecule has 0 amide bonds. The number of nitrogens with two attached hydrogens (primary N) is 1. The SMILES string of the molecule is Nc1cccc2cn(C[C@@H]3CCCC[C@@H]3O)c(O)c12. The normalized spacial score (nSPS) is 23.8. The van der Waals surface area contributed by atoms with Gasteiger partial charge in [0.05, 0.1) is 11.5 Å². The smallest absolute Gasteiger partial charge is 0.201 e. The lowest BCUT2D eigenvalue weighted by Gasteiger charge is -2.28. The number of anilines is 1. The van der Waals surface area contributed by atoms with Crippen molar-refractivity contribution in [3.63, 3.8) is 0 Å². The fourth-order valence-electron chi connectivity index (χ4n) is 3.12. The third kappa shape index (κ3) is 2.16. The molecule has 2 aromatic rings. The molecule has 3 rings (SSSR count). The summed E-state index contributed by atoms with van der Waals surface area (Å²) in [7, 11) is 0. The number of nitrogens with zero attached hydrogens (tertiary/aromatic N) is 1. The van der Waals surface area contributed by atoms with Crippen molar-refractivity contribution in [2.75, 3.05) is 5.73 Å². The molecule has 1 aromatic carbocycles. The van der Waals surface area contributed by atoms with Crippen molar-refractivity contribution in [2.45, 2.75) is 38.3 Å². The van der Waals surface area contributed by atoms with Gasteiger partial charge < -0.3 is 20.5 Å². The van der Waals surface area contributed by atoms with Gasteiger partial charge in [0, 0.05) is 29.7 Å². The first-order valence-corrected chi connectivity index (χ1v) is 6.91. The van der Waals surface area contributed by atoms with Crippen LogP contribution < -0.4 is 5.73 Å². The summed E-state index contributed by atoms with van der Waals surface area (Å²) < 4.78 is 1.82. The van der Waals surface area contributed by atoms with Gasteiger partial charge in [-0.05, 0) is 18.9 Å². The second kappa shape index (κ2) is 4.78. The minimum absolute atomic E-state index is 0.214. The first-order valence-electron chi connectivity index (χ1n) is 6.91. The molecule has 102 valence electrons. The molecule has 1 heterocycles. The van der Waals surface area contributed by atoms with Crippen LogP contribution in [0, 0.1) is 5.92 Å². The Kier molecular flexibility index (Phi) is 3.11. The van der Waals surface area contributed by atoms with Crippen LogP contribution in [-0.2, 0) is 6.54 Å². The zero-order valence-corrected chi connectivity index (χ0v) is 10.9. The van der Waals surface area contributed by atoms with E-state index in [1.807, 2.05) is 22.9 Å². The Morgan fingerprint density at radius 1 is 1.26 bits per heavy atom. The van der Waals surface area contributed by atoms with Crippen LogP contribution in [-0.4, -0.2) is 20.9 Å². The Balaban J connectivity index is 1.93. The second-order valence-electron chi connectivity index (χ2n) is 5.53. The second-order valence-corrected chi connectivity index (χ2v) is 5.53. The number of hydrogen-bond acceptors (Lipinski definition) is 3. The highest BCUT2D eigenvalue weighted by molar-refractivity contribution is 5.97. The van der Waals surface area contributed by atoms with E-state index in [-0.39, 0.29) is 17.9 Å². The molecule has 0 bridgehead atoms. The van der Waals surface area contributed by atoms with Crippen molar-refractivity contribution in [1.29, 1.82) is 0 Å². The maximum absolute atomic E-state index is 10.3. The fourth-order valence-corrected chi connectivity index (χ4v) is 3.12. The van der Waals surface area contributed by atoms with Crippen LogP contribution in [0.5, 0.6) is 5.88 Å². The maximum atomic E-state index is 10.3. The molecule has 1 aliphatic rings. The van der Waals surface area contributed by atoms with Crippen molar-refractivity contribution in [3.05, 3.63) is 24.4 Å². The first-order chi connectivity index (χ1) is 9.16. The van der Waals surface area contributed by atoms with E-state index in [0.29, 0.717) is 17.6 Å². The van der Waals surface area contributed by atoms with E-state index in [0.717, 1.165) is 31.1 Å². The molecular formula is C15H20N2O2. The molecule has 0 radical (unpaired) electrons. The molecule has 1 aliphatic carbocycles. The molecule has 1 aromatic heterocycles. The van der Waals surface area contributed by atoms with E-state index in [2.05, 4.69) is 0 Å². The summed E-state index contributed by atoms with van der Waals surface area (Å²) in [6.45, 7) is 0.654. The van der Waals surface area contributed by atoms with Crippen LogP contribution in [0.1, 0.15) is 25.7 Å². The fraction of sp³-hybridized carbons (Fsp3) is 0.467. The van der Waals surface area contributed by atoms with E-state index in [1.54, 1.807) is 6.07 Å². The predicted molar refractivity (Wildman–Crippen MR) is 76.0 cm³/mol. The van der Waals surface area contributed by atoms with Crippen LogP contribution in [0.3, 0.4) is 0 Å². The Bertz CT molecular complexity index is 591. The van der Waals surface area contributed by atoms with Gasteiger partial charge in [0.1, 0.15) is 0 Å². The molecule has 0 unspecified atom stereocenters. The van der Waals surface area contributed by atoms with Gasteiger partial charge >= 0.3 is 0 Å². The molecule has 1 fully saturated rings. The minimum Gasteiger partial charge on any atom is -0.494 e. The monoisotopic (exact) mass is 260 g/mol. The molecule has 19 heavy (non-hydrogen) atoms. The molecular weight excluding hydrogens is 240 g/mol. The summed E-state index contributed by atoms with van der Waals surface area (Å²) in [5, 5.41) is 22.0. The number of benzene rings is 1. The summed E-state index contributed by atoms with van der Waals surface area (Å²) in [6, 6.07) is 5.62. The Hall–Kier alpha value is -1.68. The topological polar surface area (TPSA) is 71.4 Å². The molecule has 4 heteroatoms. The lowest BCUT2D eigenvalue weighted by Crippen LogP contribution is -2.27. The zero-order chi connectivity index (χ0) is 13.4. The van der Waals surface area contributed by atoms with Gasteiger partial charge in [0.15, 0.2) is 0 Å². The zero-order valence-electron chi connectivity index (χ0n) is 10.9. The van der Waals surface area contributed by atoms with E-state index >= 15 is 0 Å². The van der Waals surface area contributed by atoms with Gasteiger partial charge in [-0.25, -0.2) is 0 Å². The number of hydrogen-bond donors (Lipinski definition) is 3. The van der Waals surface area contributed by atoms with E-state index in [1.165, 1.54) is 0 Å². The van der Waals surface area contributed by atoms with Crippen molar-refractivity contribution in [1.82, 2.24) is 4.57 Å². The molecule has 4 N–H and O–H groups in total. The lowest BCUT2D eigenvalue weighted by atomic mass is 9.86. The van der Waals surface area contributed by atoms with Crippen molar-refractivity contribution in [2.24, 2.45) is 5.92 Å². The average molecular weight is 260 g/mol. The first kappa shape index (κ1) is 12.4. The van der Waals surface area contributed by atoms with Crippen LogP contribution >= 0.6 is 0 Å². The standard InChI is InChI=1S/C15H20N2O2/c16-12-6-3-5-11-9-17(15(19)14(11)12)8-10-4-1-2-7-13(10)18/h3,5-6,9-10,13,18-19H,1-2,4,7-8,16H2/t10-,13-/m0/s1.